The van der Waals surface area contributed by atoms with Gasteiger partial charge in [-0.3, -0.25) is 4.90 Å². The van der Waals surface area contributed by atoms with Crippen LogP contribution in [-0.4, -0.2) is 42.8 Å². The minimum Gasteiger partial charge on any atom is -0.496 e. The third-order valence-electron chi connectivity index (χ3n) is 5.50. The van der Waals surface area contributed by atoms with E-state index >= 15 is 0 Å². The molecule has 24 heavy (non-hydrogen) atoms. The number of likely N-dealkylation sites (tertiary alicyclic amines) is 1. The molecule has 0 bridgehead atoms. The van der Waals surface area contributed by atoms with Crippen LogP contribution in [0.3, 0.4) is 0 Å². The molecule has 1 N–H and O–H groups in total. The molecule has 1 aromatic heterocycles. The topological polar surface area (TPSA) is 37.5 Å². The van der Waals surface area contributed by atoms with Crippen molar-refractivity contribution < 1.29 is 9.47 Å². The molecule has 1 saturated carbocycles. The lowest BCUT2D eigenvalue weighted by atomic mass is 9.99. The summed E-state index contributed by atoms with van der Waals surface area (Å²) in [6.45, 7) is 6.07. The molecule has 0 radical (unpaired) electrons. The van der Waals surface area contributed by atoms with Crippen molar-refractivity contribution in [3.63, 3.8) is 0 Å². The minimum absolute atomic E-state index is 0.442. The van der Waals surface area contributed by atoms with Crippen LogP contribution in [0, 0.1) is 0 Å². The first-order valence-corrected chi connectivity index (χ1v) is 9.31. The van der Waals surface area contributed by atoms with E-state index < -0.39 is 0 Å². The molecule has 2 aliphatic rings. The number of ether oxygens (including phenoxy) is 2. The van der Waals surface area contributed by atoms with Gasteiger partial charge in [0.05, 0.1) is 13.2 Å². The Morgan fingerprint density at radius 1 is 1.21 bits per heavy atom. The highest BCUT2D eigenvalue weighted by atomic mass is 16.5. The van der Waals surface area contributed by atoms with Gasteiger partial charge in [-0.05, 0) is 56.2 Å². The number of hydrogen-bond acceptors (Lipinski definition) is 3. The summed E-state index contributed by atoms with van der Waals surface area (Å²) in [5.41, 5.74) is 4.08. The molecule has 130 valence electrons. The van der Waals surface area contributed by atoms with Crippen molar-refractivity contribution >= 4 is 10.9 Å². The van der Waals surface area contributed by atoms with Gasteiger partial charge in [0.2, 0.25) is 0 Å². The number of methoxy groups -OCH3 is 1. The molecule has 4 nitrogen and oxygen atoms in total. The molecule has 0 spiro atoms. The Kier molecular flexibility index (Phi) is 4.51. The van der Waals surface area contributed by atoms with Gasteiger partial charge in [-0.1, -0.05) is 0 Å². The average Bonchev–Trinajstić information content (AvgIpc) is 3.33. The second kappa shape index (κ2) is 6.77. The molecule has 1 aliphatic carbocycles. The summed E-state index contributed by atoms with van der Waals surface area (Å²) in [5.74, 6) is 1.77. The van der Waals surface area contributed by atoms with E-state index in [1.54, 1.807) is 7.11 Å². The van der Waals surface area contributed by atoms with Gasteiger partial charge in [0.25, 0.3) is 0 Å². The van der Waals surface area contributed by atoms with Gasteiger partial charge in [-0.2, -0.15) is 0 Å². The molecule has 2 aromatic rings. The number of nitrogens with one attached hydrogen (secondary N) is 1. The maximum Gasteiger partial charge on any atom is 0.124 e. The second-order valence-electron chi connectivity index (χ2n) is 7.12. The first-order valence-electron chi connectivity index (χ1n) is 9.31. The Morgan fingerprint density at radius 2 is 2.00 bits per heavy atom. The van der Waals surface area contributed by atoms with Crippen molar-refractivity contribution in [2.24, 2.45) is 0 Å². The van der Waals surface area contributed by atoms with Crippen LogP contribution in [0.5, 0.6) is 5.75 Å². The SMILES string of the molecule is CCOC1CCN(Cc2c(OC)cc(C3CC3)c3[nH]ccc23)CC1. The van der Waals surface area contributed by atoms with Crippen molar-refractivity contribution in [2.75, 3.05) is 26.8 Å². The molecule has 1 aliphatic heterocycles. The lowest BCUT2D eigenvalue weighted by Gasteiger charge is -2.32. The largest absolute Gasteiger partial charge is 0.496 e. The number of nitrogens with zero attached hydrogens (tertiary/aromatic N) is 1. The van der Waals surface area contributed by atoms with Crippen LogP contribution in [0.2, 0.25) is 0 Å². The normalized spacial score (nSPS) is 19.9. The van der Waals surface area contributed by atoms with E-state index in [1.165, 1.54) is 34.9 Å². The predicted octanol–water partition coefficient (Wildman–Crippen LogP) is 4.05. The number of aromatic amines is 1. The Labute approximate surface area is 144 Å². The first-order chi connectivity index (χ1) is 11.8. The quantitative estimate of drug-likeness (QED) is 0.869. The van der Waals surface area contributed by atoms with E-state index in [-0.39, 0.29) is 0 Å². The Bertz CT molecular complexity index is 697. The zero-order valence-corrected chi connectivity index (χ0v) is 14.8. The van der Waals surface area contributed by atoms with Gasteiger partial charge in [-0.25, -0.2) is 0 Å². The number of benzene rings is 1. The van der Waals surface area contributed by atoms with Gasteiger partial charge in [0.1, 0.15) is 5.75 Å². The molecule has 4 rings (SSSR count). The molecule has 4 heteroatoms. The number of H-pyrrole nitrogens is 1. The Morgan fingerprint density at radius 3 is 2.67 bits per heavy atom. The zero-order valence-electron chi connectivity index (χ0n) is 14.8. The monoisotopic (exact) mass is 328 g/mol. The summed E-state index contributed by atoms with van der Waals surface area (Å²) < 4.78 is 11.6. The van der Waals surface area contributed by atoms with Gasteiger partial charge >= 0.3 is 0 Å². The molecule has 0 atom stereocenters. The molecule has 0 unspecified atom stereocenters. The number of aromatic nitrogens is 1. The lowest BCUT2D eigenvalue weighted by Crippen LogP contribution is -2.36. The van der Waals surface area contributed by atoms with Gasteiger partial charge in [-0.15, -0.1) is 0 Å². The molecule has 2 fully saturated rings. The van der Waals surface area contributed by atoms with Crippen molar-refractivity contribution in [1.82, 2.24) is 9.88 Å². The van der Waals surface area contributed by atoms with Crippen molar-refractivity contribution in [3.8, 4) is 5.75 Å². The summed E-state index contributed by atoms with van der Waals surface area (Å²) >= 11 is 0. The highest BCUT2D eigenvalue weighted by molar-refractivity contribution is 5.89. The number of piperidine rings is 1. The van der Waals surface area contributed by atoms with Crippen LogP contribution in [0.15, 0.2) is 18.3 Å². The fourth-order valence-corrected chi connectivity index (χ4v) is 4.05. The fraction of sp³-hybridized carbons (Fsp3) is 0.600. The van der Waals surface area contributed by atoms with Crippen LogP contribution >= 0.6 is 0 Å². The standard InChI is InChI=1S/C20H28N2O2/c1-3-24-15-7-10-22(11-8-15)13-18-16-6-9-21-20(16)17(14-4-5-14)12-19(18)23-2/h6,9,12,14-15,21H,3-5,7-8,10-11,13H2,1-2H3. The maximum atomic E-state index is 5.78. The van der Waals surface area contributed by atoms with E-state index in [9.17, 15) is 0 Å². The highest BCUT2D eigenvalue weighted by Crippen LogP contribution is 2.45. The first kappa shape index (κ1) is 16.0. The molecule has 0 amide bonds. The third kappa shape index (κ3) is 3.05. The van der Waals surface area contributed by atoms with Gasteiger partial charge < -0.3 is 14.5 Å². The van der Waals surface area contributed by atoms with Crippen molar-refractivity contribution in [3.05, 3.63) is 29.5 Å². The second-order valence-corrected chi connectivity index (χ2v) is 7.12. The fourth-order valence-electron chi connectivity index (χ4n) is 4.05. The molecule has 1 saturated heterocycles. The molecular weight excluding hydrogens is 300 g/mol. The average molecular weight is 328 g/mol. The third-order valence-corrected chi connectivity index (χ3v) is 5.50. The van der Waals surface area contributed by atoms with Crippen molar-refractivity contribution in [1.29, 1.82) is 0 Å². The van der Waals surface area contributed by atoms with Gasteiger partial charge in [0, 0.05) is 48.9 Å². The number of fused-ring (bicyclic) bond motifs is 1. The van der Waals surface area contributed by atoms with Crippen LogP contribution in [0.25, 0.3) is 10.9 Å². The Balaban J connectivity index is 1.58. The van der Waals surface area contributed by atoms with Crippen LogP contribution in [-0.2, 0) is 11.3 Å². The Hall–Kier alpha value is -1.52. The van der Waals surface area contributed by atoms with E-state index in [0.29, 0.717) is 6.10 Å². The molecule has 2 heterocycles. The highest BCUT2D eigenvalue weighted by Gasteiger charge is 2.28. The van der Waals surface area contributed by atoms with E-state index in [2.05, 4.69) is 35.1 Å². The summed E-state index contributed by atoms with van der Waals surface area (Å²) in [7, 11) is 1.80. The number of hydrogen-bond donors (Lipinski definition) is 1. The maximum absolute atomic E-state index is 5.78. The summed E-state index contributed by atoms with van der Waals surface area (Å²) in [6, 6.07) is 4.49. The van der Waals surface area contributed by atoms with Crippen LogP contribution in [0.1, 0.15) is 49.7 Å². The number of rotatable bonds is 6. The zero-order chi connectivity index (χ0) is 16.5. The van der Waals surface area contributed by atoms with E-state index in [0.717, 1.165) is 50.8 Å². The summed E-state index contributed by atoms with van der Waals surface area (Å²) in [4.78, 5) is 6.01. The summed E-state index contributed by atoms with van der Waals surface area (Å²) in [5, 5.41) is 1.34. The molecular formula is C20H28N2O2. The predicted molar refractivity (Wildman–Crippen MR) is 96.8 cm³/mol. The summed E-state index contributed by atoms with van der Waals surface area (Å²) in [6.07, 6.45) is 7.39. The van der Waals surface area contributed by atoms with E-state index in [4.69, 9.17) is 9.47 Å². The molecule has 1 aromatic carbocycles. The van der Waals surface area contributed by atoms with Crippen molar-refractivity contribution in [2.45, 2.75) is 51.2 Å². The van der Waals surface area contributed by atoms with Gasteiger partial charge in [0.15, 0.2) is 0 Å². The van der Waals surface area contributed by atoms with Crippen LogP contribution in [0.4, 0.5) is 0 Å². The smallest absolute Gasteiger partial charge is 0.124 e. The lowest BCUT2D eigenvalue weighted by molar-refractivity contribution is 0.0125. The van der Waals surface area contributed by atoms with E-state index in [1.807, 2.05) is 0 Å². The van der Waals surface area contributed by atoms with Crippen LogP contribution < -0.4 is 4.74 Å². The minimum atomic E-state index is 0.442.